The summed E-state index contributed by atoms with van der Waals surface area (Å²) in [7, 11) is 0. The molecule has 1 atom stereocenters. The first-order valence-corrected chi connectivity index (χ1v) is 8.16. The van der Waals surface area contributed by atoms with Crippen molar-refractivity contribution in [3.63, 3.8) is 0 Å². The molecule has 0 radical (unpaired) electrons. The number of nitrogens with one attached hydrogen (secondary N) is 2. The van der Waals surface area contributed by atoms with E-state index in [1.165, 1.54) is 18.5 Å². The molecule has 0 saturated heterocycles. The van der Waals surface area contributed by atoms with Crippen molar-refractivity contribution in [2.75, 3.05) is 10.6 Å². The van der Waals surface area contributed by atoms with E-state index in [0.717, 1.165) is 6.07 Å². The minimum Gasteiger partial charge on any atom is -0.368 e. The minimum absolute atomic E-state index is 0.0112. The Labute approximate surface area is 155 Å². The van der Waals surface area contributed by atoms with Crippen LogP contribution in [-0.4, -0.2) is 32.8 Å². The van der Waals surface area contributed by atoms with Crippen LogP contribution in [0, 0.1) is 11.4 Å². The van der Waals surface area contributed by atoms with E-state index in [9.17, 15) is 14.0 Å². The molecule has 9 nitrogen and oxygen atoms in total. The predicted octanol–water partition coefficient (Wildman–Crippen LogP) is 1.56. The van der Waals surface area contributed by atoms with Gasteiger partial charge in [0.25, 0.3) is 5.91 Å². The zero-order valence-corrected chi connectivity index (χ0v) is 15.3. The highest BCUT2D eigenvalue weighted by Gasteiger charge is 2.24. The van der Waals surface area contributed by atoms with Gasteiger partial charge in [-0.2, -0.15) is 4.39 Å². The molecule has 2 rings (SSSR count). The molecular formula is C17H22FN7O2. The molecule has 2 aromatic heterocycles. The number of pyridine rings is 1. The number of anilines is 3. The van der Waals surface area contributed by atoms with Crippen molar-refractivity contribution in [1.82, 2.24) is 15.0 Å². The van der Waals surface area contributed by atoms with Gasteiger partial charge in [0.1, 0.15) is 11.9 Å². The zero-order chi connectivity index (χ0) is 20.2. The molecule has 0 aliphatic rings. The van der Waals surface area contributed by atoms with Crippen LogP contribution >= 0.6 is 0 Å². The van der Waals surface area contributed by atoms with Gasteiger partial charge in [-0.1, -0.05) is 20.8 Å². The van der Waals surface area contributed by atoms with E-state index in [1.807, 2.05) is 20.8 Å². The Bertz CT molecular complexity index is 851. The second kappa shape index (κ2) is 7.94. The molecule has 6 N–H and O–H groups in total. The van der Waals surface area contributed by atoms with Crippen LogP contribution in [0.4, 0.5) is 21.7 Å². The number of nitrogens with zero attached hydrogens (tertiary/aromatic N) is 3. The summed E-state index contributed by atoms with van der Waals surface area (Å²) in [5.74, 6) is -1.84. The van der Waals surface area contributed by atoms with Gasteiger partial charge in [0.05, 0.1) is 6.20 Å². The first-order valence-electron chi connectivity index (χ1n) is 8.16. The molecule has 10 heteroatoms. The average molecular weight is 375 g/mol. The Morgan fingerprint density at radius 1 is 1.26 bits per heavy atom. The zero-order valence-electron chi connectivity index (χ0n) is 15.3. The van der Waals surface area contributed by atoms with Gasteiger partial charge in [0.2, 0.25) is 11.9 Å². The molecule has 144 valence electrons. The van der Waals surface area contributed by atoms with Crippen LogP contribution in [0.15, 0.2) is 24.5 Å². The molecule has 0 aliphatic carbocycles. The summed E-state index contributed by atoms with van der Waals surface area (Å²) in [6.45, 7) is 5.91. The Kier molecular flexibility index (Phi) is 5.88. The molecule has 0 spiro atoms. The van der Waals surface area contributed by atoms with Crippen molar-refractivity contribution in [3.05, 3.63) is 36.2 Å². The van der Waals surface area contributed by atoms with Gasteiger partial charge in [-0.15, -0.1) is 0 Å². The van der Waals surface area contributed by atoms with E-state index in [1.54, 1.807) is 0 Å². The number of carbonyl (C=O) groups is 2. The highest BCUT2D eigenvalue weighted by Crippen LogP contribution is 2.24. The SMILES string of the molecule is CC(C)(C)CC(Nc1cnc(C(N)=O)c(Nc2ccnc(F)c2)n1)C(N)=O. The molecule has 0 saturated carbocycles. The molecule has 0 aliphatic heterocycles. The molecule has 2 amide bonds. The molecule has 1 unspecified atom stereocenters. The topological polar surface area (TPSA) is 149 Å². The van der Waals surface area contributed by atoms with Gasteiger partial charge in [-0.25, -0.2) is 15.0 Å². The van der Waals surface area contributed by atoms with Gasteiger partial charge >= 0.3 is 0 Å². The summed E-state index contributed by atoms with van der Waals surface area (Å²) in [6.07, 6.45) is 2.99. The number of rotatable bonds is 7. The maximum Gasteiger partial charge on any atom is 0.271 e. The number of aromatic nitrogens is 3. The van der Waals surface area contributed by atoms with Crippen molar-refractivity contribution in [2.45, 2.75) is 33.2 Å². The van der Waals surface area contributed by atoms with Crippen LogP contribution in [0.3, 0.4) is 0 Å². The van der Waals surface area contributed by atoms with Crippen molar-refractivity contribution < 1.29 is 14.0 Å². The third kappa shape index (κ3) is 5.87. The molecule has 2 aromatic rings. The third-order valence-electron chi connectivity index (χ3n) is 3.48. The fraction of sp³-hybridized carbons (Fsp3) is 0.353. The van der Waals surface area contributed by atoms with Crippen molar-refractivity contribution in [3.8, 4) is 0 Å². The number of carbonyl (C=O) groups excluding carboxylic acids is 2. The number of amides is 2. The van der Waals surface area contributed by atoms with Gasteiger partial charge < -0.3 is 22.1 Å². The first-order chi connectivity index (χ1) is 12.5. The van der Waals surface area contributed by atoms with E-state index in [0.29, 0.717) is 12.1 Å². The summed E-state index contributed by atoms with van der Waals surface area (Å²) < 4.78 is 13.3. The highest BCUT2D eigenvalue weighted by molar-refractivity contribution is 5.96. The quantitative estimate of drug-likeness (QED) is 0.536. The largest absolute Gasteiger partial charge is 0.368 e. The second-order valence-electron chi connectivity index (χ2n) is 7.17. The molecule has 0 bridgehead atoms. The maximum atomic E-state index is 13.3. The van der Waals surface area contributed by atoms with E-state index in [-0.39, 0.29) is 22.7 Å². The van der Waals surface area contributed by atoms with E-state index in [2.05, 4.69) is 25.6 Å². The number of hydrogen-bond acceptors (Lipinski definition) is 7. The van der Waals surface area contributed by atoms with E-state index >= 15 is 0 Å². The van der Waals surface area contributed by atoms with Crippen molar-refractivity contribution >= 4 is 29.1 Å². The molecule has 27 heavy (non-hydrogen) atoms. The molecule has 2 heterocycles. The first kappa shape index (κ1) is 20.0. The fourth-order valence-corrected chi connectivity index (χ4v) is 2.36. The van der Waals surface area contributed by atoms with Gasteiger partial charge in [-0.05, 0) is 17.9 Å². The average Bonchev–Trinajstić information content (AvgIpc) is 2.53. The highest BCUT2D eigenvalue weighted by atomic mass is 19.1. The summed E-state index contributed by atoms with van der Waals surface area (Å²) in [6, 6.07) is 1.92. The van der Waals surface area contributed by atoms with Crippen molar-refractivity contribution in [2.24, 2.45) is 16.9 Å². The predicted molar refractivity (Wildman–Crippen MR) is 98.7 cm³/mol. The molecular weight excluding hydrogens is 353 g/mol. The van der Waals surface area contributed by atoms with Crippen LogP contribution in [0.25, 0.3) is 0 Å². The third-order valence-corrected chi connectivity index (χ3v) is 3.48. The number of halogens is 1. The van der Waals surface area contributed by atoms with Crippen LogP contribution in [0.1, 0.15) is 37.7 Å². The Morgan fingerprint density at radius 2 is 1.96 bits per heavy atom. The summed E-state index contributed by atoms with van der Waals surface area (Å²) in [5.41, 5.74) is 10.8. The lowest BCUT2D eigenvalue weighted by Crippen LogP contribution is -2.38. The summed E-state index contributed by atoms with van der Waals surface area (Å²) in [5, 5.41) is 5.69. The smallest absolute Gasteiger partial charge is 0.271 e. The van der Waals surface area contributed by atoms with Gasteiger partial charge in [-0.3, -0.25) is 9.59 Å². The number of nitrogens with two attached hydrogens (primary N) is 2. The van der Waals surface area contributed by atoms with Gasteiger partial charge in [0, 0.05) is 18.0 Å². The van der Waals surface area contributed by atoms with Crippen LogP contribution in [0.2, 0.25) is 0 Å². The lowest BCUT2D eigenvalue weighted by molar-refractivity contribution is -0.119. The normalized spacial score (nSPS) is 12.3. The van der Waals surface area contributed by atoms with Crippen LogP contribution < -0.4 is 22.1 Å². The van der Waals surface area contributed by atoms with Crippen LogP contribution in [0.5, 0.6) is 0 Å². The number of hydrogen-bond donors (Lipinski definition) is 4. The van der Waals surface area contributed by atoms with E-state index in [4.69, 9.17) is 11.5 Å². The van der Waals surface area contributed by atoms with Crippen molar-refractivity contribution in [1.29, 1.82) is 0 Å². The van der Waals surface area contributed by atoms with Gasteiger partial charge in [0.15, 0.2) is 11.5 Å². The molecule has 0 aromatic carbocycles. The van der Waals surface area contributed by atoms with Crippen LogP contribution in [-0.2, 0) is 4.79 Å². The minimum atomic E-state index is -0.813. The standard InChI is InChI=1S/C17H22FN7O2/c1-17(2,3)7-10(14(19)26)24-12-8-22-13(15(20)27)16(25-12)23-9-4-5-21-11(18)6-9/h4-6,8,10H,7H2,1-3H3,(H2,19,26)(H2,20,27)(H2,21,23,24,25). The fourth-order valence-electron chi connectivity index (χ4n) is 2.36. The Hall–Kier alpha value is -3.30. The molecule has 0 fully saturated rings. The summed E-state index contributed by atoms with van der Waals surface area (Å²) >= 11 is 0. The second-order valence-corrected chi connectivity index (χ2v) is 7.17. The number of primary amides is 2. The summed E-state index contributed by atoms with van der Waals surface area (Å²) in [4.78, 5) is 35.0. The van der Waals surface area contributed by atoms with E-state index < -0.39 is 23.8 Å². The lowest BCUT2D eigenvalue weighted by Gasteiger charge is -2.25. The lowest BCUT2D eigenvalue weighted by atomic mass is 9.88. The maximum absolute atomic E-state index is 13.3. The monoisotopic (exact) mass is 375 g/mol. The Balaban J connectivity index is 2.33. The Morgan fingerprint density at radius 3 is 2.52 bits per heavy atom.